The highest BCUT2D eigenvalue weighted by Crippen LogP contribution is 2.09. The molecule has 0 radical (unpaired) electrons. The van der Waals surface area contributed by atoms with Gasteiger partial charge in [-0.25, -0.2) is 4.79 Å². The quantitative estimate of drug-likeness (QED) is 0.334. The molecule has 0 saturated carbocycles. The average Bonchev–Trinajstić information content (AvgIpc) is 2.27. The van der Waals surface area contributed by atoms with Crippen LogP contribution in [0.15, 0.2) is 43.0 Å². The Balaban J connectivity index is 2.33. The molecule has 1 N–H and O–H groups in total. The van der Waals surface area contributed by atoms with Gasteiger partial charge in [-0.2, -0.15) is 4.81 Å². The lowest BCUT2D eigenvalue weighted by Gasteiger charge is -2.07. The third kappa shape index (κ3) is 4.30. The Hall–Kier alpha value is -1.79. The van der Waals surface area contributed by atoms with Crippen LogP contribution in [0.3, 0.4) is 0 Å². The van der Waals surface area contributed by atoms with Crippen LogP contribution < -0.4 is 4.65 Å². The highest BCUT2D eigenvalue weighted by Gasteiger charge is 2.21. The molecule has 0 atom stereocenters. The normalized spacial score (nSPS) is 9.13. The van der Waals surface area contributed by atoms with E-state index in [-0.39, 0.29) is 0 Å². The summed E-state index contributed by atoms with van der Waals surface area (Å²) in [7, 11) is -1.67. The molecule has 0 aliphatic heterocycles. The van der Waals surface area contributed by atoms with E-state index in [0.717, 1.165) is 6.08 Å². The number of carbonyl (C=O) groups is 1. The molecule has 0 spiro atoms. The van der Waals surface area contributed by atoms with E-state index < -0.39 is 13.3 Å². The topological polar surface area (TPSA) is 65.0 Å². The Bertz CT molecular complexity index is 327. The van der Waals surface area contributed by atoms with Crippen LogP contribution >= 0.6 is 0 Å². The molecule has 6 heteroatoms. The maximum Gasteiger partial charge on any atom is 0.748 e. The minimum absolute atomic E-state index is 0.389. The molecule has 5 nitrogen and oxygen atoms in total. The van der Waals surface area contributed by atoms with Gasteiger partial charge < -0.3 is 14.6 Å². The van der Waals surface area contributed by atoms with Gasteiger partial charge >= 0.3 is 13.3 Å². The monoisotopic (exact) mass is 208 g/mol. The molecule has 0 heterocycles. The van der Waals surface area contributed by atoms with Crippen LogP contribution in [-0.4, -0.2) is 18.3 Å². The van der Waals surface area contributed by atoms with E-state index in [0.29, 0.717) is 5.75 Å². The fourth-order valence-electron chi connectivity index (χ4n) is 0.758. The number of para-hydroxylation sites is 1. The smallest absolute Gasteiger partial charge is 0.510 e. The average molecular weight is 208 g/mol. The van der Waals surface area contributed by atoms with Gasteiger partial charge in [0.2, 0.25) is 0 Å². The van der Waals surface area contributed by atoms with Crippen LogP contribution in [0.2, 0.25) is 0 Å². The highest BCUT2D eigenvalue weighted by molar-refractivity contribution is 6.35. The summed E-state index contributed by atoms with van der Waals surface area (Å²) in [6, 6.07) is 8.46. The second-order valence-electron chi connectivity index (χ2n) is 2.44. The summed E-state index contributed by atoms with van der Waals surface area (Å²) in [4.78, 5) is 18.8. The lowest BCUT2D eigenvalue weighted by molar-refractivity contribution is -0.222. The van der Waals surface area contributed by atoms with E-state index in [9.17, 15) is 4.79 Å². The minimum atomic E-state index is -1.67. The molecule has 1 rings (SSSR count). The molecule has 0 aliphatic carbocycles. The van der Waals surface area contributed by atoms with Gasteiger partial charge in [-0.3, -0.25) is 0 Å². The van der Waals surface area contributed by atoms with Gasteiger partial charge in [0.15, 0.2) is 0 Å². The number of hydrogen-bond acceptors (Lipinski definition) is 5. The van der Waals surface area contributed by atoms with E-state index in [1.54, 1.807) is 30.3 Å². The molecule has 15 heavy (non-hydrogen) atoms. The Labute approximate surface area is 87.0 Å². The Kier molecular flexibility index (Phi) is 4.40. The maximum absolute atomic E-state index is 10.5. The fraction of sp³-hybridized carbons (Fsp3) is 0. The van der Waals surface area contributed by atoms with Gasteiger partial charge in [0.05, 0.1) is 0 Å². The van der Waals surface area contributed by atoms with E-state index in [1.165, 1.54) is 0 Å². The van der Waals surface area contributed by atoms with Crippen molar-refractivity contribution in [3.05, 3.63) is 43.0 Å². The first kappa shape index (κ1) is 11.3. The second kappa shape index (κ2) is 5.84. The van der Waals surface area contributed by atoms with Gasteiger partial charge in [-0.1, -0.05) is 24.8 Å². The third-order valence-electron chi connectivity index (χ3n) is 1.36. The van der Waals surface area contributed by atoms with E-state index >= 15 is 0 Å². The van der Waals surface area contributed by atoms with Crippen molar-refractivity contribution in [3.63, 3.8) is 0 Å². The van der Waals surface area contributed by atoms with Gasteiger partial charge in [0.25, 0.3) is 0 Å². The zero-order valence-corrected chi connectivity index (χ0v) is 7.83. The summed E-state index contributed by atoms with van der Waals surface area (Å²) < 4.78 is 4.83. The lowest BCUT2D eigenvalue weighted by Crippen LogP contribution is -2.27. The fourth-order valence-corrected chi connectivity index (χ4v) is 0.758. The predicted octanol–water partition coefficient (Wildman–Crippen LogP) is 0.703. The van der Waals surface area contributed by atoms with Crippen LogP contribution in [0.25, 0.3) is 0 Å². The van der Waals surface area contributed by atoms with Gasteiger partial charge in [0, 0.05) is 6.08 Å². The van der Waals surface area contributed by atoms with Crippen LogP contribution in [0.1, 0.15) is 0 Å². The molecular weight excluding hydrogens is 199 g/mol. The van der Waals surface area contributed by atoms with Crippen molar-refractivity contribution < 1.29 is 24.2 Å². The number of hydrogen-bond donors (Lipinski definition) is 1. The molecule has 0 unspecified atom stereocenters. The predicted molar refractivity (Wildman–Crippen MR) is 52.4 cm³/mol. The summed E-state index contributed by atoms with van der Waals surface area (Å²) >= 11 is 0. The van der Waals surface area contributed by atoms with Crippen molar-refractivity contribution in [1.29, 1.82) is 0 Å². The largest absolute Gasteiger partial charge is 0.748 e. The molecule has 0 aliphatic rings. The van der Waals surface area contributed by atoms with Crippen molar-refractivity contribution in [3.8, 4) is 5.75 Å². The molecule has 0 amide bonds. The third-order valence-corrected chi connectivity index (χ3v) is 1.36. The Morgan fingerprint density at radius 3 is 2.67 bits per heavy atom. The number of rotatable bonds is 5. The Morgan fingerprint density at radius 1 is 1.40 bits per heavy atom. The van der Waals surface area contributed by atoms with Crippen molar-refractivity contribution >= 4 is 13.3 Å². The van der Waals surface area contributed by atoms with Gasteiger partial charge in [-0.15, -0.1) is 0 Å². The van der Waals surface area contributed by atoms with Crippen LogP contribution in [0, 0.1) is 0 Å². The maximum atomic E-state index is 10.5. The summed E-state index contributed by atoms with van der Waals surface area (Å²) in [5, 5.41) is 9.09. The van der Waals surface area contributed by atoms with E-state index in [1.807, 2.05) is 0 Å². The summed E-state index contributed by atoms with van der Waals surface area (Å²) in [6.45, 7) is 3.15. The molecule has 1 aromatic carbocycles. The van der Waals surface area contributed by atoms with E-state index in [2.05, 4.69) is 16.3 Å². The molecule has 0 bridgehead atoms. The van der Waals surface area contributed by atoms with Crippen LogP contribution in [0.4, 0.5) is 0 Å². The standard InChI is InChI=1S/C9H9BO5/c1-2-9(11)14-15-10(12)13-8-6-4-3-5-7-8/h2-7,12H,1H2. The minimum Gasteiger partial charge on any atom is -0.510 e. The summed E-state index contributed by atoms with van der Waals surface area (Å²) in [6.07, 6.45) is 0.898. The van der Waals surface area contributed by atoms with Crippen molar-refractivity contribution in [2.45, 2.75) is 0 Å². The number of carbonyl (C=O) groups excluding carboxylic acids is 1. The molecule has 0 aromatic heterocycles. The highest BCUT2D eigenvalue weighted by atomic mass is 17.2. The summed E-state index contributed by atoms with van der Waals surface area (Å²) in [5.74, 6) is -0.426. The lowest BCUT2D eigenvalue weighted by atomic mass is 10.2. The van der Waals surface area contributed by atoms with E-state index in [4.69, 9.17) is 9.68 Å². The first-order valence-corrected chi connectivity index (χ1v) is 4.12. The van der Waals surface area contributed by atoms with Crippen LogP contribution in [0.5, 0.6) is 5.75 Å². The molecule has 1 aromatic rings. The first-order chi connectivity index (χ1) is 7.22. The zero-order chi connectivity index (χ0) is 11.1. The van der Waals surface area contributed by atoms with Gasteiger partial charge in [-0.05, 0) is 12.1 Å². The first-order valence-electron chi connectivity index (χ1n) is 4.12. The molecule has 0 saturated heterocycles. The van der Waals surface area contributed by atoms with Crippen molar-refractivity contribution in [2.24, 2.45) is 0 Å². The SMILES string of the molecule is C=CC(=O)OOB(O)Oc1ccccc1. The van der Waals surface area contributed by atoms with Gasteiger partial charge in [0.1, 0.15) is 5.75 Å². The second-order valence-corrected chi connectivity index (χ2v) is 2.44. The number of benzene rings is 1. The zero-order valence-electron chi connectivity index (χ0n) is 7.83. The summed E-state index contributed by atoms with van der Waals surface area (Å²) in [5.41, 5.74) is 0. The molecular formula is C9H9BO5. The van der Waals surface area contributed by atoms with Crippen molar-refractivity contribution in [2.75, 3.05) is 0 Å². The molecule has 0 fully saturated rings. The van der Waals surface area contributed by atoms with Crippen molar-refractivity contribution in [1.82, 2.24) is 0 Å². The molecule has 78 valence electrons. The Morgan fingerprint density at radius 2 is 2.07 bits per heavy atom. The van der Waals surface area contributed by atoms with Crippen LogP contribution in [-0.2, 0) is 14.5 Å².